The predicted octanol–water partition coefficient (Wildman–Crippen LogP) is 0.0125. The summed E-state index contributed by atoms with van der Waals surface area (Å²) in [4.78, 5) is 2.21. The van der Waals surface area contributed by atoms with Crippen molar-refractivity contribution in [2.24, 2.45) is 5.14 Å². The molecule has 1 aromatic heterocycles. The first-order chi connectivity index (χ1) is 8.99. The average Bonchev–Trinajstić information content (AvgIpc) is 2.80. The Morgan fingerprint density at radius 2 is 2.00 bits per heavy atom. The minimum atomic E-state index is -3.59. The summed E-state index contributed by atoms with van der Waals surface area (Å²) in [6, 6.07) is 3.33. The van der Waals surface area contributed by atoms with Crippen LogP contribution in [0.1, 0.15) is 0 Å². The van der Waals surface area contributed by atoms with Crippen molar-refractivity contribution in [2.45, 2.75) is 8.42 Å². The Kier molecular flexibility index (Phi) is 5.23. The number of rotatable bonds is 5. The Hall–Kier alpha value is -0.160. The van der Waals surface area contributed by atoms with Crippen molar-refractivity contribution >= 4 is 33.3 Å². The molecule has 2 rings (SSSR count). The highest BCUT2D eigenvalue weighted by Crippen LogP contribution is 2.32. The van der Waals surface area contributed by atoms with E-state index in [0.717, 1.165) is 30.4 Å². The number of hydrogen-bond donors (Lipinski definition) is 2. The quantitative estimate of drug-likeness (QED) is 0.743. The summed E-state index contributed by atoms with van der Waals surface area (Å²) in [6.07, 6.45) is 0. The van der Waals surface area contributed by atoms with Crippen LogP contribution in [0.3, 0.4) is 0 Å². The molecular weight excluding hydrogens is 306 g/mol. The van der Waals surface area contributed by atoms with E-state index < -0.39 is 10.0 Å². The van der Waals surface area contributed by atoms with Crippen molar-refractivity contribution in [1.29, 1.82) is 0 Å². The summed E-state index contributed by atoms with van der Waals surface area (Å²) >= 11 is 2.76. The zero-order valence-electron chi connectivity index (χ0n) is 10.4. The van der Waals surface area contributed by atoms with Crippen molar-refractivity contribution in [2.75, 3.05) is 39.3 Å². The lowest BCUT2D eigenvalue weighted by atomic mass is 10.4. The van der Waals surface area contributed by atoms with Crippen LogP contribution in [0.4, 0.5) is 0 Å². The Balaban J connectivity index is 1.87. The smallest absolute Gasteiger partial charge is 0.247 e. The second-order valence-electron chi connectivity index (χ2n) is 4.20. The molecule has 0 atom stereocenters. The number of β-amino-alcohol motifs (C(OH)–C–C–N with tert-alkyl or cyclic N) is 1. The molecule has 19 heavy (non-hydrogen) atoms. The highest BCUT2D eigenvalue weighted by Gasteiger charge is 2.19. The molecule has 1 aliphatic heterocycles. The molecule has 3 N–H and O–H groups in total. The first-order valence-electron chi connectivity index (χ1n) is 5.88. The first kappa shape index (κ1) is 15.2. The molecule has 0 unspecified atom stereocenters. The maximum absolute atomic E-state index is 11.2. The van der Waals surface area contributed by atoms with Crippen LogP contribution in [-0.2, 0) is 10.0 Å². The number of nitrogens with two attached hydrogens (primary N) is 1. The number of hydrogen-bond acceptors (Lipinski definition) is 7. The number of aliphatic hydroxyl groups excluding tert-OH is 1. The van der Waals surface area contributed by atoms with E-state index in [1.807, 2.05) is 0 Å². The standard InChI is InChI=1S/C10H17N3O3S3/c11-19(15,16)10-2-1-9(17-10)18-13-5-3-12(4-6-13)7-8-14/h1-2,14H,3-8H2,(H2,11,15,16). The lowest BCUT2D eigenvalue weighted by Gasteiger charge is -2.33. The van der Waals surface area contributed by atoms with Gasteiger partial charge in [0.05, 0.1) is 10.8 Å². The zero-order chi connectivity index (χ0) is 13.9. The minimum absolute atomic E-state index is 0.190. The third-order valence-electron chi connectivity index (χ3n) is 2.80. The van der Waals surface area contributed by atoms with E-state index in [0.29, 0.717) is 6.54 Å². The summed E-state index contributed by atoms with van der Waals surface area (Å²) in [5.41, 5.74) is 0. The van der Waals surface area contributed by atoms with Gasteiger partial charge in [0.25, 0.3) is 0 Å². The highest BCUT2D eigenvalue weighted by atomic mass is 32.3. The fourth-order valence-corrected chi connectivity index (χ4v) is 4.90. The van der Waals surface area contributed by atoms with E-state index in [2.05, 4.69) is 9.21 Å². The van der Waals surface area contributed by atoms with Crippen molar-refractivity contribution in [3.8, 4) is 0 Å². The molecule has 0 bridgehead atoms. The molecule has 9 heteroatoms. The van der Waals surface area contributed by atoms with Crippen LogP contribution in [0.25, 0.3) is 0 Å². The van der Waals surface area contributed by atoms with Gasteiger partial charge in [-0.2, -0.15) is 0 Å². The molecule has 0 aliphatic carbocycles. The van der Waals surface area contributed by atoms with Gasteiger partial charge in [0.15, 0.2) is 0 Å². The normalized spacial score (nSPS) is 18.8. The van der Waals surface area contributed by atoms with E-state index >= 15 is 0 Å². The molecule has 1 fully saturated rings. The molecule has 6 nitrogen and oxygen atoms in total. The average molecular weight is 323 g/mol. The maximum atomic E-state index is 11.2. The lowest BCUT2D eigenvalue weighted by molar-refractivity contribution is 0.156. The number of thiophene rings is 1. The van der Waals surface area contributed by atoms with Crippen LogP contribution in [0.5, 0.6) is 0 Å². The van der Waals surface area contributed by atoms with Crippen molar-refractivity contribution in [3.05, 3.63) is 12.1 Å². The Morgan fingerprint density at radius 3 is 2.53 bits per heavy atom. The van der Waals surface area contributed by atoms with Gasteiger partial charge < -0.3 is 5.11 Å². The summed E-state index contributed by atoms with van der Waals surface area (Å²) in [5, 5.41) is 14.0. The van der Waals surface area contributed by atoms with Gasteiger partial charge in [0.1, 0.15) is 4.21 Å². The topological polar surface area (TPSA) is 86.9 Å². The first-order valence-corrected chi connectivity index (χ1v) is 9.01. The number of piperazine rings is 1. The molecule has 0 spiro atoms. The van der Waals surface area contributed by atoms with E-state index in [4.69, 9.17) is 10.2 Å². The Morgan fingerprint density at radius 1 is 1.32 bits per heavy atom. The maximum Gasteiger partial charge on any atom is 0.247 e. The molecule has 1 saturated heterocycles. The number of nitrogens with zero attached hydrogens (tertiary/aromatic N) is 2. The van der Waals surface area contributed by atoms with Crippen molar-refractivity contribution < 1.29 is 13.5 Å². The third kappa shape index (κ3) is 4.42. The third-order valence-corrected chi connectivity index (χ3v) is 6.54. The van der Waals surface area contributed by atoms with E-state index in [1.165, 1.54) is 11.3 Å². The predicted molar refractivity (Wildman–Crippen MR) is 76.6 cm³/mol. The monoisotopic (exact) mass is 323 g/mol. The van der Waals surface area contributed by atoms with Gasteiger partial charge in [-0.05, 0) is 24.1 Å². The van der Waals surface area contributed by atoms with Crippen LogP contribution >= 0.6 is 23.3 Å². The molecule has 0 radical (unpaired) electrons. The van der Waals surface area contributed by atoms with Crippen LogP contribution in [0.15, 0.2) is 20.6 Å². The molecule has 0 amide bonds. The van der Waals surface area contributed by atoms with Crippen molar-refractivity contribution in [3.63, 3.8) is 0 Å². The summed E-state index contributed by atoms with van der Waals surface area (Å²) in [5.74, 6) is 0. The molecular formula is C10H17N3O3S3. The van der Waals surface area contributed by atoms with Crippen LogP contribution < -0.4 is 5.14 Å². The van der Waals surface area contributed by atoms with Gasteiger partial charge in [-0.3, -0.25) is 4.90 Å². The fraction of sp³-hybridized carbons (Fsp3) is 0.600. The summed E-state index contributed by atoms with van der Waals surface area (Å²) in [7, 11) is -3.59. The highest BCUT2D eigenvalue weighted by molar-refractivity contribution is 7.99. The van der Waals surface area contributed by atoms with Gasteiger partial charge in [-0.1, -0.05) is 0 Å². The van der Waals surface area contributed by atoms with Gasteiger partial charge >= 0.3 is 0 Å². The molecule has 1 aromatic rings. The second kappa shape index (κ2) is 6.53. The number of aliphatic hydroxyl groups is 1. The molecule has 0 saturated carbocycles. The van der Waals surface area contributed by atoms with E-state index in [-0.39, 0.29) is 10.8 Å². The van der Waals surface area contributed by atoms with E-state index in [1.54, 1.807) is 24.1 Å². The SMILES string of the molecule is NS(=O)(=O)c1ccc(SN2CCN(CCO)CC2)s1. The summed E-state index contributed by atoms with van der Waals surface area (Å²) in [6.45, 7) is 4.53. The largest absolute Gasteiger partial charge is 0.395 e. The van der Waals surface area contributed by atoms with Crippen LogP contribution in [0, 0.1) is 0 Å². The minimum Gasteiger partial charge on any atom is -0.395 e. The number of sulfonamides is 1. The van der Waals surface area contributed by atoms with Crippen LogP contribution in [-0.4, -0.2) is 62.1 Å². The zero-order valence-corrected chi connectivity index (χ0v) is 12.8. The molecule has 1 aliphatic rings. The summed E-state index contributed by atoms with van der Waals surface area (Å²) < 4.78 is 25.7. The van der Waals surface area contributed by atoms with Gasteiger partial charge in [0.2, 0.25) is 10.0 Å². The van der Waals surface area contributed by atoms with Crippen LogP contribution in [0.2, 0.25) is 0 Å². The van der Waals surface area contributed by atoms with Gasteiger partial charge in [-0.25, -0.2) is 17.9 Å². The van der Waals surface area contributed by atoms with Gasteiger partial charge in [-0.15, -0.1) is 11.3 Å². The van der Waals surface area contributed by atoms with Gasteiger partial charge in [0, 0.05) is 32.7 Å². The van der Waals surface area contributed by atoms with E-state index in [9.17, 15) is 8.42 Å². The molecule has 2 heterocycles. The molecule has 0 aromatic carbocycles. The Labute approximate surface area is 121 Å². The fourth-order valence-electron chi connectivity index (χ4n) is 1.82. The van der Waals surface area contributed by atoms with Crippen molar-refractivity contribution in [1.82, 2.24) is 9.21 Å². The second-order valence-corrected chi connectivity index (χ2v) is 8.47. The Bertz CT molecular complexity index is 509. The number of primary sulfonamides is 1. The molecule has 108 valence electrons. The lowest BCUT2D eigenvalue weighted by Crippen LogP contribution is -2.44.